The number of benzene rings is 2. The minimum absolute atomic E-state index is 0.113. The smallest absolute Gasteiger partial charge is 0.318 e. The molecule has 0 radical (unpaired) electrons. The molecular formula is C40H56N10O6S2. The number of aliphatic hydroxyl groups is 2. The number of carbonyl (C=O) groups excluding carboxylic acids is 4. The Morgan fingerprint density at radius 1 is 0.621 bits per heavy atom. The highest BCUT2D eigenvalue weighted by Gasteiger charge is 2.38. The standard InChI is InChI=1S/C40H56N10O6S2/c1-23(2)31(47-39(55)49(5)19-27-21-57-37(41)43-27)35(53)45-29(17-25-13-9-7-10-14-25)33(51)34(52)30(18-26-15-11-8-12-16-26)46-36(54)32(24(3)4)48-40(56)50(6)20-28-22-58-38(42)44-28/h7-16,21-24,29-34,51-52H,17-20H2,1-6H3,(H2,41,43)(H2,42,44)(H,45,53)(H,46,54)(H,47,55)(H,48,56)/t29-,30-,31?,32?,33-,34+/m0/s1. The summed E-state index contributed by atoms with van der Waals surface area (Å²) in [5, 5.41) is 39.6. The quantitative estimate of drug-likeness (QED) is 0.0687. The van der Waals surface area contributed by atoms with Crippen molar-refractivity contribution in [3.05, 3.63) is 93.9 Å². The van der Waals surface area contributed by atoms with E-state index in [1.807, 2.05) is 60.7 Å². The maximum Gasteiger partial charge on any atom is 0.318 e. The molecule has 0 saturated heterocycles. The van der Waals surface area contributed by atoms with Crippen LogP contribution in [0.4, 0.5) is 19.9 Å². The van der Waals surface area contributed by atoms with Gasteiger partial charge < -0.3 is 52.7 Å². The molecule has 0 bridgehead atoms. The van der Waals surface area contributed by atoms with E-state index in [-0.39, 0.29) is 37.8 Å². The first-order valence-electron chi connectivity index (χ1n) is 19.0. The molecule has 6 amide bonds. The Morgan fingerprint density at radius 2 is 0.966 bits per heavy atom. The van der Waals surface area contributed by atoms with Crippen LogP contribution in [-0.2, 0) is 35.5 Å². The van der Waals surface area contributed by atoms with E-state index >= 15 is 0 Å². The molecule has 0 saturated carbocycles. The summed E-state index contributed by atoms with van der Waals surface area (Å²) in [6.07, 6.45) is -2.99. The van der Waals surface area contributed by atoms with Gasteiger partial charge in [-0.05, 0) is 35.8 Å². The van der Waals surface area contributed by atoms with E-state index in [0.29, 0.717) is 21.7 Å². The molecule has 0 aliphatic heterocycles. The summed E-state index contributed by atoms with van der Waals surface area (Å²) < 4.78 is 0. The highest BCUT2D eigenvalue weighted by atomic mass is 32.1. The maximum absolute atomic E-state index is 14.0. The largest absolute Gasteiger partial charge is 0.388 e. The zero-order valence-electron chi connectivity index (χ0n) is 33.7. The number of nitrogens with two attached hydrogens (primary N) is 2. The predicted molar refractivity (Wildman–Crippen MR) is 226 cm³/mol. The zero-order chi connectivity index (χ0) is 42.5. The summed E-state index contributed by atoms with van der Waals surface area (Å²) in [5.74, 6) is -1.87. The van der Waals surface area contributed by atoms with Crippen molar-refractivity contribution in [2.24, 2.45) is 11.8 Å². The van der Waals surface area contributed by atoms with Gasteiger partial charge in [-0.15, -0.1) is 22.7 Å². The molecule has 18 heteroatoms. The molecule has 2 aromatic carbocycles. The third-order valence-electron chi connectivity index (χ3n) is 9.51. The van der Waals surface area contributed by atoms with E-state index in [1.165, 1.54) is 32.5 Å². The molecule has 0 spiro atoms. The van der Waals surface area contributed by atoms with Crippen molar-refractivity contribution in [3.8, 4) is 0 Å². The lowest BCUT2D eigenvalue weighted by molar-refractivity contribution is -0.129. The monoisotopic (exact) mass is 836 g/mol. The van der Waals surface area contributed by atoms with Gasteiger partial charge in [-0.1, -0.05) is 88.4 Å². The van der Waals surface area contributed by atoms with Crippen LogP contribution in [0.15, 0.2) is 71.4 Å². The minimum atomic E-state index is -1.61. The van der Waals surface area contributed by atoms with Crippen molar-refractivity contribution in [3.63, 3.8) is 0 Å². The van der Waals surface area contributed by atoms with Crippen molar-refractivity contribution in [2.75, 3.05) is 25.6 Å². The molecule has 4 aromatic rings. The second kappa shape index (κ2) is 21.5. The summed E-state index contributed by atoms with van der Waals surface area (Å²) >= 11 is 2.52. The Hall–Kier alpha value is -5.30. The number of amides is 6. The van der Waals surface area contributed by atoms with Gasteiger partial charge in [0, 0.05) is 24.9 Å². The number of nitrogen functional groups attached to an aromatic ring is 2. The van der Waals surface area contributed by atoms with Crippen LogP contribution in [0.25, 0.3) is 0 Å². The number of nitrogens with zero attached hydrogens (tertiary/aromatic N) is 4. The Bertz CT molecular complexity index is 1790. The normalized spacial score (nSPS) is 14.4. The van der Waals surface area contributed by atoms with Crippen molar-refractivity contribution in [1.82, 2.24) is 41.0 Å². The number of aliphatic hydroxyl groups excluding tert-OH is 2. The van der Waals surface area contributed by atoms with Crippen molar-refractivity contribution >= 4 is 56.8 Å². The zero-order valence-corrected chi connectivity index (χ0v) is 35.3. The van der Waals surface area contributed by atoms with E-state index in [9.17, 15) is 29.4 Å². The molecule has 0 aliphatic carbocycles. The molecule has 10 N–H and O–H groups in total. The first-order valence-corrected chi connectivity index (χ1v) is 20.8. The number of nitrogens with one attached hydrogen (secondary N) is 4. The van der Waals surface area contributed by atoms with Crippen LogP contribution in [0.3, 0.4) is 0 Å². The van der Waals surface area contributed by atoms with Gasteiger partial charge in [0.05, 0.1) is 36.6 Å². The van der Waals surface area contributed by atoms with Gasteiger partial charge >= 0.3 is 12.1 Å². The van der Waals surface area contributed by atoms with Gasteiger partial charge in [0.2, 0.25) is 11.8 Å². The average Bonchev–Trinajstić information content (AvgIpc) is 3.80. The SMILES string of the molecule is CC(C)C(NC(=O)N(C)Cc1csc(N)n1)C(=O)N[C@@H](Cc1ccccc1)[C@H](O)[C@H](O)[C@H](Cc1ccccc1)NC(=O)C(NC(=O)N(C)Cc1csc(N)n1)C(C)C. The van der Waals surface area contributed by atoms with Gasteiger partial charge in [-0.25, -0.2) is 19.6 Å². The molecule has 314 valence electrons. The highest BCUT2D eigenvalue weighted by Crippen LogP contribution is 2.18. The van der Waals surface area contributed by atoms with Crippen LogP contribution >= 0.6 is 22.7 Å². The first-order chi connectivity index (χ1) is 27.5. The lowest BCUT2D eigenvalue weighted by Crippen LogP contribution is -2.62. The molecular weight excluding hydrogens is 781 g/mol. The Labute approximate surface area is 347 Å². The number of thiazole rings is 2. The number of hydrogen-bond donors (Lipinski definition) is 8. The summed E-state index contributed by atoms with van der Waals surface area (Å²) in [7, 11) is 3.15. The molecule has 0 aliphatic rings. The van der Waals surface area contributed by atoms with Crippen LogP contribution in [0.2, 0.25) is 0 Å². The van der Waals surface area contributed by atoms with E-state index < -0.39 is 60.3 Å². The lowest BCUT2D eigenvalue weighted by Gasteiger charge is -2.35. The fourth-order valence-electron chi connectivity index (χ4n) is 6.25. The van der Waals surface area contributed by atoms with Crippen LogP contribution in [0.1, 0.15) is 50.2 Å². The number of hydrogen-bond acceptors (Lipinski definition) is 12. The van der Waals surface area contributed by atoms with Gasteiger partial charge in [0.1, 0.15) is 24.3 Å². The predicted octanol–water partition coefficient (Wildman–Crippen LogP) is 2.97. The number of carbonyl (C=O) groups is 4. The minimum Gasteiger partial charge on any atom is -0.388 e. The van der Waals surface area contributed by atoms with Crippen LogP contribution in [-0.4, -0.2) is 104 Å². The van der Waals surface area contributed by atoms with E-state index in [4.69, 9.17) is 11.5 Å². The molecule has 16 nitrogen and oxygen atoms in total. The fraction of sp³-hybridized carbons (Fsp3) is 0.450. The van der Waals surface area contributed by atoms with Gasteiger partial charge in [0.15, 0.2) is 10.3 Å². The number of rotatable bonds is 19. The van der Waals surface area contributed by atoms with Gasteiger partial charge in [-0.3, -0.25) is 9.59 Å². The van der Waals surface area contributed by atoms with E-state index in [0.717, 1.165) is 11.1 Å². The summed E-state index contributed by atoms with van der Waals surface area (Å²) in [6, 6.07) is 13.1. The molecule has 2 aromatic heterocycles. The number of urea groups is 2. The lowest BCUT2D eigenvalue weighted by atomic mass is 9.90. The van der Waals surface area contributed by atoms with Gasteiger partial charge in [0.25, 0.3) is 0 Å². The maximum atomic E-state index is 14.0. The number of aromatic nitrogens is 2. The molecule has 2 heterocycles. The molecule has 0 fully saturated rings. The van der Waals surface area contributed by atoms with Crippen LogP contribution < -0.4 is 32.7 Å². The molecule has 6 atom stereocenters. The van der Waals surface area contributed by atoms with E-state index in [2.05, 4.69) is 31.2 Å². The Kier molecular flexibility index (Phi) is 16.8. The Morgan fingerprint density at radius 3 is 1.26 bits per heavy atom. The molecule has 2 unspecified atom stereocenters. The topological polar surface area (TPSA) is 241 Å². The number of anilines is 2. The highest BCUT2D eigenvalue weighted by molar-refractivity contribution is 7.13. The summed E-state index contributed by atoms with van der Waals surface area (Å²) in [5.41, 5.74) is 14.2. The van der Waals surface area contributed by atoms with Crippen LogP contribution in [0, 0.1) is 11.8 Å². The molecule has 58 heavy (non-hydrogen) atoms. The summed E-state index contributed by atoms with van der Waals surface area (Å²) in [4.78, 5) is 65.7. The molecule has 4 rings (SSSR count). The second-order valence-electron chi connectivity index (χ2n) is 15.0. The van der Waals surface area contributed by atoms with Crippen LogP contribution in [0.5, 0.6) is 0 Å². The Balaban J connectivity index is 1.55. The van der Waals surface area contributed by atoms with Crippen molar-refractivity contribution in [2.45, 2.75) is 90.0 Å². The first kappa shape index (κ1) is 45.4. The third kappa shape index (κ3) is 13.4. The van der Waals surface area contributed by atoms with Crippen molar-refractivity contribution in [1.29, 1.82) is 0 Å². The fourth-order valence-corrected chi connectivity index (χ4v) is 7.36. The summed E-state index contributed by atoms with van der Waals surface area (Å²) in [6.45, 7) is 7.47. The third-order valence-corrected chi connectivity index (χ3v) is 11.0. The average molecular weight is 837 g/mol. The second-order valence-corrected chi connectivity index (χ2v) is 16.8. The van der Waals surface area contributed by atoms with Crippen molar-refractivity contribution < 1.29 is 29.4 Å². The van der Waals surface area contributed by atoms with Gasteiger partial charge in [-0.2, -0.15) is 0 Å². The van der Waals surface area contributed by atoms with E-state index in [1.54, 1.807) is 52.6 Å².